The molecule has 6 heteroatoms. The van der Waals surface area contributed by atoms with Crippen molar-refractivity contribution in [2.45, 2.75) is 25.3 Å². The van der Waals surface area contributed by atoms with Gasteiger partial charge in [0.2, 0.25) is 0 Å². The second-order valence-electron chi connectivity index (χ2n) is 4.65. The molecule has 0 amide bonds. The fourth-order valence-corrected chi connectivity index (χ4v) is 4.02. The van der Waals surface area contributed by atoms with Gasteiger partial charge in [0.15, 0.2) is 5.13 Å². The third kappa shape index (κ3) is 2.47. The molecule has 0 radical (unpaired) electrons. The lowest BCUT2D eigenvalue weighted by molar-refractivity contribution is -0.139. The molecule has 0 bridgehead atoms. The first-order valence-corrected chi connectivity index (χ1v) is 7.81. The normalized spacial score (nSPS) is 19.8. The van der Waals surface area contributed by atoms with E-state index in [-0.39, 0.29) is 0 Å². The maximum Gasteiger partial charge on any atom is 0.326 e. The van der Waals surface area contributed by atoms with Crippen LogP contribution in [0.4, 0.5) is 5.13 Å². The van der Waals surface area contributed by atoms with Gasteiger partial charge in [-0.15, -0.1) is 0 Å². The average Bonchev–Trinajstić information content (AvgIpc) is 2.81. The van der Waals surface area contributed by atoms with Crippen LogP contribution in [-0.2, 0) is 4.79 Å². The molecule has 1 aliphatic rings. The van der Waals surface area contributed by atoms with Crippen LogP contribution in [0.2, 0.25) is 0 Å². The maximum absolute atomic E-state index is 11.3. The summed E-state index contributed by atoms with van der Waals surface area (Å²) in [5.74, 6) is -0.750. The van der Waals surface area contributed by atoms with Crippen LogP contribution < -0.4 is 4.90 Å². The lowest BCUT2D eigenvalue weighted by atomic mass is 10.0. The zero-order chi connectivity index (χ0) is 13.4. The first kappa shape index (κ1) is 12.9. The Labute approximate surface area is 123 Å². The molecule has 3 rings (SSSR count). The Morgan fingerprint density at radius 1 is 1.47 bits per heavy atom. The quantitative estimate of drug-likeness (QED) is 0.908. The van der Waals surface area contributed by atoms with Crippen LogP contribution in [0.1, 0.15) is 19.3 Å². The molecule has 4 nitrogen and oxygen atoms in total. The summed E-state index contributed by atoms with van der Waals surface area (Å²) in [6.07, 6.45) is 2.71. The Hall–Kier alpha value is -1.14. The number of piperidine rings is 1. The number of rotatable bonds is 2. The van der Waals surface area contributed by atoms with Crippen molar-refractivity contribution >= 4 is 48.6 Å². The molecule has 1 fully saturated rings. The topological polar surface area (TPSA) is 53.4 Å². The standard InChI is InChI=1S/C13H13BrN2O2S/c14-8-4-5-9-11(7-8)19-13(15-9)16-6-2-1-3-10(16)12(17)18/h4-5,7,10H,1-3,6H2,(H,17,18). The van der Waals surface area contributed by atoms with Crippen molar-refractivity contribution in [3.05, 3.63) is 22.7 Å². The number of fused-ring (bicyclic) bond motifs is 1. The molecule has 0 aliphatic carbocycles. The Morgan fingerprint density at radius 2 is 2.32 bits per heavy atom. The van der Waals surface area contributed by atoms with E-state index in [0.717, 1.165) is 39.2 Å². The van der Waals surface area contributed by atoms with Gasteiger partial charge in [-0.25, -0.2) is 9.78 Å². The molecular weight excluding hydrogens is 328 g/mol. The van der Waals surface area contributed by atoms with Crippen molar-refractivity contribution in [1.82, 2.24) is 4.98 Å². The Kier molecular flexibility index (Phi) is 3.45. The molecule has 1 aromatic heterocycles. The fourth-order valence-electron chi connectivity index (χ4n) is 2.43. The summed E-state index contributed by atoms with van der Waals surface area (Å²) in [5, 5.41) is 10.1. The van der Waals surface area contributed by atoms with Crippen molar-refractivity contribution in [3.63, 3.8) is 0 Å². The minimum Gasteiger partial charge on any atom is -0.480 e. The Bertz CT molecular complexity index is 628. The number of aromatic nitrogens is 1. The molecule has 1 atom stereocenters. The van der Waals surface area contributed by atoms with E-state index in [2.05, 4.69) is 20.9 Å². The SMILES string of the molecule is O=C(O)C1CCCCN1c1nc2ccc(Br)cc2s1. The highest BCUT2D eigenvalue weighted by atomic mass is 79.9. The highest BCUT2D eigenvalue weighted by molar-refractivity contribution is 9.10. The number of hydrogen-bond donors (Lipinski definition) is 1. The summed E-state index contributed by atoms with van der Waals surface area (Å²) in [4.78, 5) is 17.8. The molecule has 0 saturated carbocycles. The highest BCUT2D eigenvalue weighted by Gasteiger charge is 2.30. The summed E-state index contributed by atoms with van der Waals surface area (Å²) in [7, 11) is 0. The van der Waals surface area contributed by atoms with Crippen LogP contribution in [0.5, 0.6) is 0 Å². The summed E-state index contributed by atoms with van der Waals surface area (Å²) in [6.45, 7) is 0.776. The van der Waals surface area contributed by atoms with Gasteiger partial charge in [0.25, 0.3) is 0 Å². The predicted octanol–water partition coefficient (Wildman–Crippen LogP) is 3.50. The number of carboxylic acids is 1. The molecule has 2 aromatic rings. The average molecular weight is 341 g/mol. The maximum atomic E-state index is 11.3. The molecule has 2 heterocycles. The largest absolute Gasteiger partial charge is 0.480 e. The van der Waals surface area contributed by atoms with E-state index in [1.165, 1.54) is 0 Å². The van der Waals surface area contributed by atoms with E-state index >= 15 is 0 Å². The van der Waals surface area contributed by atoms with Crippen molar-refractivity contribution in [2.24, 2.45) is 0 Å². The number of anilines is 1. The molecule has 1 unspecified atom stereocenters. The molecule has 100 valence electrons. The zero-order valence-corrected chi connectivity index (χ0v) is 12.6. The molecule has 1 saturated heterocycles. The Balaban J connectivity index is 1.99. The summed E-state index contributed by atoms with van der Waals surface area (Å²) in [6, 6.07) is 5.50. The van der Waals surface area contributed by atoms with Gasteiger partial charge < -0.3 is 10.0 Å². The van der Waals surface area contributed by atoms with Crippen LogP contribution in [0.15, 0.2) is 22.7 Å². The number of carboxylic acid groups (broad SMARTS) is 1. The Morgan fingerprint density at radius 3 is 3.11 bits per heavy atom. The fraction of sp³-hybridized carbons (Fsp3) is 0.385. The van der Waals surface area contributed by atoms with E-state index < -0.39 is 12.0 Å². The third-order valence-corrected chi connectivity index (χ3v) is 4.92. The van der Waals surface area contributed by atoms with Crippen LogP contribution in [-0.4, -0.2) is 28.6 Å². The first-order valence-electron chi connectivity index (χ1n) is 6.21. The predicted molar refractivity (Wildman–Crippen MR) is 79.9 cm³/mol. The highest BCUT2D eigenvalue weighted by Crippen LogP contribution is 2.34. The number of carbonyl (C=O) groups is 1. The minimum absolute atomic E-state index is 0.433. The number of hydrogen-bond acceptors (Lipinski definition) is 4. The van der Waals surface area contributed by atoms with Crippen molar-refractivity contribution in [3.8, 4) is 0 Å². The number of benzene rings is 1. The van der Waals surface area contributed by atoms with Crippen LogP contribution in [0.3, 0.4) is 0 Å². The van der Waals surface area contributed by atoms with Gasteiger partial charge in [0.05, 0.1) is 10.2 Å². The number of nitrogens with zero attached hydrogens (tertiary/aromatic N) is 2. The molecular formula is C13H13BrN2O2S. The lowest BCUT2D eigenvalue weighted by Gasteiger charge is -2.32. The van der Waals surface area contributed by atoms with E-state index in [1.807, 2.05) is 23.1 Å². The zero-order valence-electron chi connectivity index (χ0n) is 10.2. The van der Waals surface area contributed by atoms with Gasteiger partial charge in [0, 0.05) is 11.0 Å². The van der Waals surface area contributed by atoms with Gasteiger partial charge in [-0.1, -0.05) is 27.3 Å². The van der Waals surface area contributed by atoms with Gasteiger partial charge in [-0.05, 0) is 37.5 Å². The number of halogens is 1. The second-order valence-corrected chi connectivity index (χ2v) is 6.58. The smallest absolute Gasteiger partial charge is 0.326 e. The van der Waals surface area contributed by atoms with Gasteiger partial charge in [0.1, 0.15) is 6.04 Å². The molecule has 1 aliphatic heterocycles. The second kappa shape index (κ2) is 5.09. The van der Waals surface area contributed by atoms with E-state index in [1.54, 1.807) is 11.3 Å². The van der Waals surface area contributed by atoms with Gasteiger partial charge in [-0.2, -0.15) is 0 Å². The number of aliphatic carboxylic acids is 1. The number of thiazole rings is 1. The van der Waals surface area contributed by atoms with E-state index in [0.29, 0.717) is 6.42 Å². The summed E-state index contributed by atoms with van der Waals surface area (Å²) >= 11 is 5.00. The van der Waals surface area contributed by atoms with Gasteiger partial charge in [-0.3, -0.25) is 0 Å². The molecule has 0 spiro atoms. The van der Waals surface area contributed by atoms with Crippen LogP contribution >= 0.6 is 27.3 Å². The van der Waals surface area contributed by atoms with E-state index in [4.69, 9.17) is 0 Å². The van der Waals surface area contributed by atoms with Crippen LogP contribution in [0, 0.1) is 0 Å². The van der Waals surface area contributed by atoms with Gasteiger partial charge >= 0.3 is 5.97 Å². The summed E-state index contributed by atoms with van der Waals surface area (Å²) in [5.41, 5.74) is 0.929. The summed E-state index contributed by atoms with van der Waals surface area (Å²) < 4.78 is 2.10. The minimum atomic E-state index is -0.750. The van der Waals surface area contributed by atoms with Crippen molar-refractivity contribution in [2.75, 3.05) is 11.4 Å². The molecule has 19 heavy (non-hydrogen) atoms. The third-order valence-electron chi connectivity index (χ3n) is 3.37. The lowest BCUT2D eigenvalue weighted by Crippen LogP contribution is -2.44. The monoisotopic (exact) mass is 340 g/mol. The van der Waals surface area contributed by atoms with Crippen molar-refractivity contribution < 1.29 is 9.90 Å². The van der Waals surface area contributed by atoms with Crippen LogP contribution in [0.25, 0.3) is 10.2 Å². The first-order chi connectivity index (χ1) is 9.15. The van der Waals surface area contributed by atoms with Crippen molar-refractivity contribution in [1.29, 1.82) is 0 Å². The molecule has 1 aromatic carbocycles. The molecule has 1 N–H and O–H groups in total. The van der Waals surface area contributed by atoms with E-state index in [9.17, 15) is 9.90 Å².